The summed E-state index contributed by atoms with van der Waals surface area (Å²) in [6.45, 7) is 15.2. The quantitative estimate of drug-likeness (QED) is 0.0463. The summed E-state index contributed by atoms with van der Waals surface area (Å²) in [6.07, 6.45) is 38.2. The van der Waals surface area contributed by atoms with Crippen LogP contribution in [0.15, 0.2) is 0 Å². The average Bonchev–Trinajstić information content (AvgIpc) is 3.16. The van der Waals surface area contributed by atoms with E-state index < -0.39 is 12.2 Å². The van der Waals surface area contributed by atoms with E-state index in [9.17, 15) is 19.8 Å². The van der Waals surface area contributed by atoms with Crippen LogP contribution >= 0.6 is 0 Å². The van der Waals surface area contributed by atoms with Crippen molar-refractivity contribution in [2.45, 2.75) is 271 Å². The lowest BCUT2D eigenvalue weighted by Crippen LogP contribution is -2.45. The number of aliphatic hydroxyl groups is 2. The van der Waals surface area contributed by atoms with Crippen LogP contribution in [0, 0.1) is 0 Å². The summed E-state index contributed by atoms with van der Waals surface area (Å²) in [4.78, 5) is 29.8. The first-order chi connectivity index (χ1) is 28.1. The monoisotopic (exact) mass is 825 g/mol. The zero-order chi connectivity index (χ0) is 42.9. The number of rotatable bonds is 45. The topological polar surface area (TPSA) is 99.5 Å². The average molecular weight is 825 g/mol. The van der Waals surface area contributed by atoms with Gasteiger partial charge < -0.3 is 19.7 Å². The molecule has 0 saturated heterocycles. The number of esters is 2. The molecule has 0 aromatic carbocycles. The number of aliphatic hydroxyl groups excluding tert-OH is 2. The van der Waals surface area contributed by atoms with E-state index in [4.69, 9.17) is 9.47 Å². The van der Waals surface area contributed by atoms with Crippen molar-refractivity contribution in [1.82, 2.24) is 9.80 Å². The van der Waals surface area contributed by atoms with Gasteiger partial charge in [-0.15, -0.1) is 0 Å². The maximum Gasteiger partial charge on any atom is 0.306 e. The van der Waals surface area contributed by atoms with Crippen LogP contribution in [0.25, 0.3) is 0 Å². The molecule has 4 atom stereocenters. The zero-order valence-electron chi connectivity index (χ0n) is 39.6. The molecule has 0 radical (unpaired) electrons. The predicted octanol–water partition coefficient (Wildman–Crippen LogP) is 12.7. The van der Waals surface area contributed by atoms with Crippen molar-refractivity contribution in [1.29, 1.82) is 0 Å². The second-order valence-corrected chi connectivity index (χ2v) is 18.2. The Morgan fingerprint density at radius 1 is 0.379 bits per heavy atom. The molecule has 0 spiro atoms. The van der Waals surface area contributed by atoms with Gasteiger partial charge in [0.2, 0.25) is 0 Å². The minimum atomic E-state index is -0.508. The molecule has 0 saturated carbocycles. The summed E-state index contributed by atoms with van der Waals surface area (Å²) in [6, 6.07) is 0. The van der Waals surface area contributed by atoms with Gasteiger partial charge in [0, 0.05) is 52.1 Å². The van der Waals surface area contributed by atoms with Gasteiger partial charge in [-0.05, 0) is 40.5 Å². The highest BCUT2D eigenvalue weighted by Crippen LogP contribution is 2.16. The van der Waals surface area contributed by atoms with E-state index in [1.54, 1.807) is 13.8 Å². The van der Waals surface area contributed by atoms with Crippen LogP contribution in [0.2, 0.25) is 0 Å². The van der Waals surface area contributed by atoms with Gasteiger partial charge in [-0.1, -0.05) is 194 Å². The van der Waals surface area contributed by atoms with Crippen molar-refractivity contribution >= 4 is 11.9 Å². The van der Waals surface area contributed by atoms with Crippen LogP contribution in [0.5, 0.6) is 0 Å². The zero-order valence-corrected chi connectivity index (χ0v) is 39.6. The fourth-order valence-corrected chi connectivity index (χ4v) is 8.19. The third kappa shape index (κ3) is 41.5. The van der Waals surface area contributed by atoms with Crippen LogP contribution < -0.4 is 0 Å². The lowest BCUT2D eigenvalue weighted by Gasteiger charge is -2.31. The Bertz CT molecular complexity index is 820. The number of unbranched alkanes of at least 4 members (excludes halogenated alkanes) is 28. The largest absolute Gasteiger partial charge is 0.461 e. The van der Waals surface area contributed by atoms with Crippen LogP contribution in [-0.4, -0.2) is 95.6 Å². The fraction of sp³-hybridized carbons (Fsp3) is 0.960. The second kappa shape index (κ2) is 42.5. The predicted molar refractivity (Wildman–Crippen MR) is 246 cm³/mol. The first-order valence-corrected chi connectivity index (χ1v) is 25.3. The van der Waals surface area contributed by atoms with Crippen LogP contribution in [0.1, 0.15) is 247 Å². The molecule has 0 aliphatic rings. The highest BCUT2D eigenvalue weighted by Gasteiger charge is 2.20. The van der Waals surface area contributed by atoms with Crippen LogP contribution in [-0.2, 0) is 19.1 Å². The number of carbonyl (C=O) groups excluding carboxylic acids is 2. The van der Waals surface area contributed by atoms with Gasteiger partial charge in [0.05, 0.1) is 12.2 Å². The molecule has 8 nitrogen and oxygen atoms in total. The number of hydrogen-bond donors (Lipinski definition) is 2. The molecule has 2 N–H and O–H groups in total. The molecular formula is C50H100N2O6. The molecule has 4 unspecified atom stereocenters. The molecular weight excluding hydrogens is 725 g/mol. The van der Waals surface area contributed by atoms with Crippen molar-refractivity contribution in [3.05, 3.63) is 0 Å². The first-order valence-electron chi connectivity index (χ1n) is 25.3. The number of ether oxygens (including phenoxy) is 2. The molecule has 0 heterocycles. The summed E-state index contributed by atoms with van der Waals surface area (Å²) >= 11 is 0. The van der Waals surface area contributed by atoms with Gasteiger partial charge in [0.15, 0.2) is 0 Å². The van der Waals surface area contributed by atoms with E-state index >= 15 is 0 Å². The SMILES string of the molecule is CCCCCCCCCCCCCCCCCC(=O)OC(C)CN(CCN(CC(C)O)CC(C)O)CC(C)OC(=O)CCCCCCCCCCCCCCCCC. The van der Waals surface area contributed by atoms with E-state index in [-0.39, 0.29) is 24.1 Å². The summed E-state index contributed by atoms with van der Waals surface area (Å²) in [5, 5.41) is 20.1. The Labute approximate surface area is 360 Å². The standard InChI is InChI=1S/C50H100N2O6/c1-7-9-11-13-15-17-19-21-23-25-27-29-31-33-35-37-49(55)57-47(5)43-52(40-39-51(41-45(3)53)42-46(4)54)44-48(6)58-50(56)38-36-34-32-30-28-26-24-22-20-18-16-14-12-10-8-2/h45-48,53-54H,7-44H2,1-6H3. The second-order valence-electron chi connectivity index (χ2n) is 18.2. The van der Waals surface area contributed by atoms with E-state index in [0.717, 1.165) is 25.7 Å². The smallest absolute Gasteiger partial charge is 0.306 e. The first kappa shape index (κ1) is 56.8. The Hall–Kier alpha value is -1.22. The molecule has 0 aromatic rings. The third-order valence-electron chi connectivity index (χ3n) is 11.4. The summed E-state index contributed by atoms with van der Waals surface area (Å²) < 4.78 is 11.7. The molecule has 346 valence electrons. The summed E-state index contributed by atoms with van der Waals surface area (Å²) in [5.74, 6) is -0.287. The van der Waals surface area contributed by atoms with E-state index in [2.05, 4.69) is 23.6 Å². The molecule has 8 heteroatoms. The maximum absolute atomic E-state index is 12.8. The lowest BCUT2D eigenvalue weighted by molar-refractivity contribution is -0.150. The molecule has 0 aromatic heterocycles. The lowest BCUT2D eigenvalue weighted by atomic mass is 10.0. The Morgan fingerprint density at radius 2 is 0.603 bits per heavy atom. The summed E-state index contributed by atoms with van der Waals surface area (Å²) in [5.41, 5.74) is 0. The third-order valence-corrected chi connectivity index (χ3v) is 11.4. The van der Waals surface area contributed by atoms with Crippen molar-refractivity contribution in [3.63, 3.8) is 0 Å². The molecule has 0 bridgehead atoms. The molecule has 58 heavy (non-hydrogen) atoms. The van der Waals surface area contributed by atoms with Crippen molar-refractivity contribution < 1.29 is 29.3 Å². The minimum absolute atomic E-state index is 0.144. The Balaban J connectivity index is 4.45. The minimum Gasteiger partial charge on any atom is -0.461 e. The molecule has 0 aliphatic carbocycles. The number of nitrogens with zero attached hydrogens (tertiary/aromatic N) is 2. The van der Waals surface area contributed by atoms with E-state index in [1.807, 2.05) is 13.8 Å². The van der Waals surface area contributed by atoms with E-state index in [1.165, 1.54) is 167 Å². The maximum atomic E-state index is 12.8. The van der Waals surface area contributed by atoms with Crippen LogP contribution in [0.4, 0.5) is 0 Å². The molecule has 0 aliphatic heterocycles. The molecule has 0 rings (SSSR count). The Morgan fingerprint density at radius 3 is 0.845 bits per heavy atom. The normalized spacial score (nSPS) is 13.9. The van der Waals surface area contributed by atoms with Crippen molar-refractivity contribution in [3.8, 4) is 0 Å². The highest BCUT2D eigenvalue weighted by atomic mass is 16.5. The van der Waals surface area contributed by atoms with Crippen molar-refractivity contribution in [2.75, 3.05) is 39.3 Å². The molecule has 0 fully saturated rings. The van der Waals surface area contributed by atoms with Gasteiger partial charge in [0.25, 0.3) is 0 Å². The van der Waals surface area contributed by atoms with Gasteiger partial charge in [-0.3, -0.25) is 19.4 Å². The van der Waals surface area contributed by atoms with Gasteiger partial charge in [-0.2, -0.15) is 0 Å². The summed E-state index contributed by atoms with van der Waals surface area (Å²) in [7, 11) is 0. The van der Waals surface area contributed by atoms with Gasteiger partial charge >= 0.3 is 11.9 Å². The fourth-order valence-electron chi connectivity index (χ4n) is 8.19. The van der Waals surface area contributed by atoms with E-state index in [0.29, 0.717) is 52.1 Å². The van der Waals surface area contributed by atoms with Crippen LogP contribution in [0.3, 0.4) is 0 Å². The number of hydrogen-bond acceptors (Lipinski definition) is 8. The van der Waals surface area contributed by atoms with Gasteiger partial charge in [0.1, 0.15) is 12.2 Å². The molecule has 0 amide bonds. The Kier molecular flexibility index (Phi) is 41.6. The highest BCUT2D eigenvalue weighted by molar-refractivity contribution is 5.69. The van der Waals surface area contributed by atoms with Crippen molar-refractivity contribution in [2.24, 2.45) is 0 Å². The number of carbonyl (C=O) groups is 2. The van der Waals surface area contributed by atoms with Gasteiger partial charge in [-0.25, -0.2) is 0 Å².